The van der Waals surface area contributed by atoms with E-state index in [-0.39, 0.29) is 0 Å². The smallest absolute Gasteiger partial charge is 0.119 e. The minimum atomic E-state index is 0.740. The molecule has 0 aromatic carbocycles. The molecule has 0 aliphatic rings. The number of hydrogen-bond acceptors (Lipinski definition) is 1. The van der Waals surface area contributed by atoms with Crippen molar-refractivity contribution in [1.29, 1.82) is 0 Å². The van der Waals surface area contributed by atoms with Crippen LogP contribution in [0.2, 0.25) is 0 Å². The average molecular weight is 127 g/mol. The normalized spacial score (nSPS) is 9.44. The summed E-state index contributed by atoms with van der Waals surface area (Å²) in [5.74, 6) is 0. The van der Waals surface area contributed by atoms with Gasteiger partial charge in [0.05, 0.1) is 0 Å². The number of rotatable bonds is 6. The predicted molar refractivity (Wildman–Crippen MR) is 39.1 cm³/mol. The van der Waals surface area contributed by atoms with Crippen molar-refractivity contribution in [2.75, 3.05) is 0 Å². The van der Waals surface area contributed by atoms with E-state index in [1.165, 1.54) is 19.3 Å². The summed E-state index contributed by atoms with van der Waals surface area (Å²) in [6, 6.07) is 0. The molecule has 0 fully saturated rings. The lowest BCUT2D eigenvalue weighted by Crippen LogP contribution is -1.78. The third kappa shape index (κ3) is 7.67. The second-order valence-electron chi connectivity index (χ2n) is 2.21. The first-order chi connectivity index (χ1) is 4.41. The van der Waals surface area contributed by atoms with Crippen molar-refractivity contribution in [3.63, 3.8) is 0 Å². The Labute approximate surface area is 57.5 Å². The number of aldehydes is 1. The first-order valence-corrected chi connectivity index (χ1v) is 3.63. The fourth-order valence-corrected chi connectivity index (χ4v) is 0.753. The highest BCUT2D eigenvalue weighted by molar-refractivity contribution is 5.48. The molecule has 0 aromatic rings. The van der Waals surface area contributed by atoms with E-state index in [0.717, 1.165) is 19.1 Å². The van der Waals surface area contributed by atoms with Crippen LogP contribution in [0.1, 0.15) is 39.0 Å². The average Bonchev–Trinajstić information content (AvgIpc) is 1.89. The molecule has 1 nitrogen and oxygen atoms in total. The zero-order valence-electron chi connectivity index (χ0n) is 6.10. The van der Waals surface area contributed by atoms with E-state index >= 15 is 0 Å². The topological polar surface area (TPSA) is 17.1 Å². The summed E-state index contributed by atoms with van der Waals surface area (Å²) in [6.07, 6.45) is 8.60. The van der Waals surface area contributed by atoms with Gasteiger partial charge in [-0.25, -0.2) is 0 Å². The molecule has 0 unspecified atom stereocenters. The third-order valence-electron chi connectivity index (χ3n) is 1.31. The fourth-order valence-electron chi connectivity index (χ4n) is 0.753. The molecule has 1 heteroatoms. The van der Waals surface area contributed by atoms with Crippen LogP contribution < -0.4 is 0 Å². The fraction of sp³-hybridized carbons (Fsp3) is 0.750. The lowest BCUT2D eigenvalue weighted by Gasteiger charge is -1.93. The van der Waals surface area contributed by atoms with Gasteiger partial charge in [0.2, 0.25) is 0 Å². The number of carbonyl (C=O) groups is 1. The maximum Gasteiger partial charge on any atom is 0.119 e. The molecule has 0 amide bonds. The molecule has 0 saturated heterocycles. The number of unbranched alkanes of at least 4 members (excludes halogenated alkanes) is 5. The summed E-state index contributed by atoms with van der Waals surface area (Å²) < 4.78 is 0. The van der Waals surface area contributed by atoms with Crippen LogP contribution in [-0.4, -0.2) is 6.29 Å². The molecule has 9 heavy (non-hydrogen) atoms. The number of carbonyl (C=O) groups excluding carboxylic acids is 1. The van der Waals surface area contributed by atoms with Gasteiger partial charge < -0.3 is 4.79 Å². The highest BCUT2D eigenvalue weighted by Gasteiger charge is 1.86. The van der Waals surface area contributed by atoms with Crippen molar-refractivity contribution in [2.45, 2.75) is 39.0 Å². The van der Waals surface area contributed by atoms with Crippen molar-refractivity contribution in [1.82, 2.24) is 0 Å². The molecule has 0 bridgehead atoms. The van der Waals surface area contributed by atoms with Crippen LogP contribution in [0, 0.1) is 6.42 Å². The summed E-state index contributed by atoms with van der Waals surface area (Å²) in [6.45, 7) is 2.07. The lowest BCUT2D eigenvalue weighted by atomic mass is 10.1. The standard InChI is InChI=1S/C8H15O/c1-2-3-4-5-6-7-8-9/h2,8H,3-7H2,1H3. The van der Waals surface area contributed by atoms with Gasteiger partial charge in [0.25, 0.3) is 0 Å². The molecule has 0 N–H and O–H groups in total. The molecule has 53 valence electrons. The first kappa shape index (κ1) is 8.67. The van der Waals surface area contributed by atoms with Gasteiger partial charge in [0.15, 0.2) is 0 Å². The molecule has 0 aliphatic carbocycles. The van der Waals surface area contributed by atoms with Gasteiger partial charge in [-0.15, -0.1) is 0 Å². The first-order valence-electron chi connectivity index (χ1n) is 3.63. The number of hydrogen-bond donors (Lipinski definition) is 0. The molecule has 0 rings (SSSR count). The third-order valence-corrected chi connectivity index (χ3v) is 1.31. The summed E-state index contributed by atoms with van der Waals surface area (Å²) in [7, 11) is 0. The van der Waals surface area contributed by atoms with Gasteiger partial charge in [-0.1, -0.05) is 26.2 Å². The lowest BCUT2D eigenvalue weighted by molar-refractivity contribution is -0.107. The summed E-state index contributed by atoms with van der Waals surface area (Å²) in [5.41, 5.74) is 0. The predicted octanol–water partition coefficient (Wildman–Crippen LogP) is 2.36. The van der Waals surface area contributed by atoms with E-state index in [4.69, 9.17) is 0 Å². The van der Waals surface area contributed by atoms with Crippen molar-refractivity contribution >= 4 is 6.29 Å². The second kappa shape index (κ2) is 7.67. The van der Waals surface area contributed by atoms with Crippen molar-refractivity contribution in [3.05, 3.63) is 6.42 Å². The Morgan fingerprint density at radius 3 is 2.33 bits per heavy atom. The molecule has 1 radical (unpaired) electrons. The van der Waals surface area contributed by atoms with E-state index in [1.807, 2.05) is 0 Å². The van der Waals surface area contributed by atoms with E-state index in [0.29, 0.717) is 0 Å². The Bertz CT molecular complexity index is 59.6. The molecule has 0 saturated carbocycles. The van der Waals surface area contributed by atoms with Crippen LogP contribution in [0.25, 0.3) is 0 Å². The zero-order chi connectivity index (χ0) is 6.95. The van der Waals surface area contributed by atoms with Gasteiger partial charge in [0, 0.05) is 6.42 Å². The summed E-state index contributed by atoms with van der Waals surface area (Å²) >= 11 is 0. The molecule has 0 aliphatic heterocycles. The Morgan fingerprint density at radius 1 is 1.11 bits per heavy atom. The van der Waals surface area contributed by atoms with Crippen molar-refractivity contribution in [3.8, 4) is 0 Å². The highest BCUT2D eigenvalue weighted by atomic mass is 16.1. The van der Waals surface area contributed by atoms with Gasteiger partial charge in [-0.05, 0) is 12.8 Å². The largest absolute Gasteiger partial charge is 0.303 e. The van der Waals surface area contributed by atoms with Gasteiger partial charge >= 0.3 is 0 Å². The molecular formula is C8H15O. The quantitative estimate of drug-likeness (QED) is 0.395. The van der Waals surface area contributed by atoms with E-state index in [1.54, 1.807) is 0 Å². The highest BCUT2D eigenvalue weighted by Crippen LogP contribution is 2.02. The van der Waals surface area contributed by atoms with Gasteiger partial charge in [-0.2, -0.15) is 0 Å². The van der Waals surface area contributed by atoms with Crippen LogP contribution in [-0.2, 0) is 4.79 Å². The maximum atomic E-state index is 9.83. The van der Waals surface area contributed by atoms with Crippen LogP contribution in [0.15, 0.2) is 0 Å². The van der Waals surface area contributed by atoms with Gasteiger partial charge in [0.1, 0.15) is 6.29 Å². The van der Waals surface area contributed by atoms with E-state index in [9.17, 15) is 4.79 Å². The Balaban J connectivity index is 2.66. The van der Waals surface area contributed by atoms with Crippen LogP contribution >= 0.6 is 0 Å². The van der Waals surface area contributed by atoms with Crippen LogP contribution in [0.5, 0.6) is 0 Å². The monoisotopic (exact) mass is 127 g/mol. The Hall–Kier alpha value is -0.330. The molecule has 0 atom stereocenters. The molecule has 0 heterocycles. The SMILES string of the molecule is C[CH]CCCCCC=O. The van der Waals surface area contributed by atoms with Crippen LogP contribution in [0.3, 0.4) is 0 Å². The minimum absolute atomic E-state index is 0.740. The zero-order valence-corrected chi connectivity index (χ0v) is 6.10. The van der Waals surface area contributed by atoms with Crippen LogP contribution in [0.4, 0.5) is 0 Å². The van der Waals surface area contributed by atoms with Crippen molar-refractivity contribution < 1.29 is 4.79 Å². The molecular weight excluding hydrogens is 112 g/mol. The Morgan fingerprint density at radius 2 is 1.78 bits per heavy atom. The molecule has 0 spiro atoms. The van der Waals surface area contributed by atoms with E-state index in [2.05, 4.69) is 13.3 Å². The van der Waals surface area contributed by atoms with Crippen molar-refractivity contribution in [2.24, 2.45) is 0 Å². The second-order valence-corrected chi connectivity index (χ2v) is 2.21. The minimum Gasteiger partial charge on any atom is -0.303 e. The Kier molecular flexibility index (Phi) is 7.39. The van der Waals surface area contributed by atoms with Gasteiger partial charge in [-0.3, -0.25) is 0 Å². The summed E-state index contributed by atoms with van der Waals surface area (Å²) in [4.78, 5) is 9.83. The van der Waals surface area contributed by atoms with E-state index < -0.39 is 0 Å². The molecule has 0 aromatic heterocycles. The maximum absolute atomic E-state index is 9.83. The summed E-state index contributed by atoms with van der Waals surface area (Å²) in [5, 5.41) is 0.